The third kappa shape index (κ3) is 9.08. The van der Waals surface area contributed by atoms with Crippen LogP contribution < -0.4 is 20.1 Å². The van der Waals surface area contributed by atoms with Crippen LogP contribution in [0.1, 0.15) is 36.8 Å². The first-order valence-electron chi connectivity index (χ1n) is 10.8. The molecule has 0 spiro atoms. The lowest BCUT2D eigenvalue weighted by molar-refractivity contribution is -0.117. The molecule has 0 aliphatic carbocycles. The van der Waals surface area contributed by atoms with Crippen LogP contribution in [0.2, 0.25) is 0 Å². The Hall–Kier alpha value is -3.54. The van der Waals surface area contributed by atoms with Gasteiger partial charge in [-0.2, -0.15) is 0 Å². The van der Waals surface area contributed by atoms with Gasteiger partial charge < -0.3 is 20.1 Å². The Morgan fingerprint density at radius 2 is 1.09 bits per heavy atom. The fourth-order valence-electron chi connectivity index (χ4n) is 3.08. The highest BCUT2D eigenvalue weighted by atomic mass is 16.5. The highest BCUT2D eigenvalue weighted by Gasteiger charge is 2.01. The molecule has 6 nitrogen and oxygen atoms in total. The van der Waals surface area contributed by atoms with E-state index in [2.05, 4.69) is 10.6 Å². The fraction of sp³-hybridized carbons (Fsp3) is 0.308. The predicted octanol–water partition coefficient (Wildman–Crippen LogP) is 4.22. The highest BCUT2D eigenvalue weighted by molar-refractivity contribution is 5.92. The SMILES string of the molecule is COc1ccccc1/C=C/C(=O)NCCCCCCNC(=O)/C=C/c1ccccc1OC. The normalized spacial score (nSPS) is 10.9. The van der Waals surface area contributed by atoms with Crippen LogP contribution in [-0.2, 0) is 9.59 Å². The van der Waals surface area contributed by atoms with Crippen molar-refractivity contribution in [2.24, 2.45) is 0 Å². The summed E-state index contributed by atoms with van der Waals surface area (Å²) in [6, 6.07) is 15.1. The molecule has 0 bridgehead atoms. The molecule has 0 saturated carbocycles. The molecular formula is C26H32N2O4. The van der Waals surface area contributed by atoms with E-state index < -0.39 is 0 Å². The molecule has 0 fully saturated rings. The molecule has 0 aromatic heterocycles. The van der Waals surface area contributed by atoms with E-state index in [0.717, 1.165) is 48.3 Å². The maximum Gasteiger partial charge on any atom is 0.244 e. The second-order valence-corrected chi connectivity index (χ2v) is 7.15. The van der Waals surface area contributed by atoms with Crippen LogP contribution in [0, 0.1) is 0 Å². The van der Waals surface area contributed by atoms with Crippen LogP contribution in [0.25, 0.3) is 12.2 Å². The van der Waals surface area contributed by atoms with Crippen molar-refractivity contribution in [1.82, 2.24) is 10.6 Å². The van der Waals surface area contributed by atoms with E-state index in [-0.39, 0.29) is 11.8 Å². The van der Waals surface area contributed by atoms with Gasteiger partial charge in [0.2, 0.25) is 11.8 Å². The molecule has 0 atom stereocenters. The Morgan fingerprint density at radius 1 is 0.688 bits per heavy atom. The first kappa shape index (κ1) is 24.7. The number of nitrogens with one attached hydrogen (secondary N) is 2. The van der Waals surface area contributed by atoms with Crippen molar-refractivity contribution in [3.8, 4) is 11.5 Å². The van der Waals surface area contributed by atoms with E-state index in [9.17, 15) is 9.59 Å². The Bertz CT molecular complexity index is 846. The van der Waals surface area contributed by atoms with Gasteiger partial charge in [0.25, 0.3) is 0 Å². The zero-order chi connectivity index (χ0) is 23.0. The van der Waals surface area contributed by atoms with Crippen LogP contribution >= 0.6 is 0 Å². The van der Waals surface area contributed by atoms with Crippen LogP contribution in [0.3, 0.4) is 0 Å². The number of rotatable bonds is 13. The quantitative estimate of drug-likeness (QED) is 0.364. The monoisotopic (exact) mass is 436 g/mol. The van der Waals surface area contributed by atoms with Crippen molar-refractivity contribution < 1.29 is 19.1 Å². The van der Waals surface area contributed by atoms with Crippen LogP contribution in [-0.4, -0.2) is 39.1 Å². The molecule has 2 amide bonds. The maximum atomic E-state index is 11.9. The summed E-state index contributed by atoms with van der Waals surface area (Å²) in [4.78, 5) is 23.9. The van der Waals surface area contributed by atoms with E-state index >= 15 is 0 Å². The molecule has 6 heteroatoms. The number of para-hydroxylation sites is 2. The maximum absolute atomic E-state index is 11.9. The van der Waals surface area contributed by atoms with Crippen molar-refractivity contribution in [1.29, 1.82) is 0 Å². The summed E-state index contributed by atoms with van der Waals surface area (Å²) in [6.45, 7) is 1.26. The summed E-state index contributed by atoms with van der Waals surface area (Å²) in [7, 11) is 3.22. The van der Waals surface area contributed by atoms with Gasteiger partial charge in [-0.15, -0.1) is 0 Å². The predicted molar refractivity (Wildman–Crippen MR) is 129 cm³/mol. The van der Waals surface area contributed by atoms with Gasteiger partial charge in [0.1, 0.15) is 11.5 Å². The van der Waals surface area contributed by atoms with Gasteiger partial charge in [-0.3, -0.25) is 9.59 Å². The van der Waals surface area contributed by atoms with Gasteiger partial charge in [-0.25, -0.2) is 0 Å². The third-order valence-electron chi connectivity index (χ3n) is 4.81. The molecule has 0 aliphatic rings. The van der Waals surface area contributed by atoms with E-state index in [0.29, 0.717) is 13.1 Å². The molecule has 2 N–H and O–H groups in total. The molecule has 2 rings (SSSR count). The first-order valence-corrected chi connectivity index (χ1v) is 10.8. The molecular weight excluding hydrogens is 404 g/mol. The first-order chi connectivity index (χ1) is 15.6. The number of benzene rings is 2. The lowest BCUT2D eigenvalue weighted by Crippen LogP contribution is -2.23. The lowest BCUT2D eigenvalue weighted by Gasteiger charge is -2.05. The Balaban J connectivity index is 1.54. The van der Waals surface area contributed by atoms with E-state index in [1.54, 1.807) is 26.4 Å². The van der Waals surface area contributed by atoms with E-state index in [4.69, 9.17) is 9.47 Å². The molecule has 0 heterocycles. The summed E-state index contributed by atoms with van der Waals surface area (Å²) >= 11 is 0. The second kappa shape index (κ2) is 14.5. The summed E-state index contributed by atoms with van der Waals surface area (Å²) in [6.07, 6.45) is 10.3. The summed E-state index contributed by atoms with van der Waals surface area (Å²) < 4.78 is 10.5. The number of hydrogen-bond donors (Lipinski definition) is 2. The number of unbranched alkanes of at least 4 members (excludes halogenated alkanes) is 3. The van der Waals surface area contributed by atoms with Crippen molar-refractivity contribution >= 4 is 24.0 Å². The number of ether oxygens (including phenoxy) is 2. The standard InChI is InChI=1S/C26H32N2O4/c1-31-23-13-7-5-11-21(23)15-17-25(29)27-19-9-3-4-10-20-28-26(30)18-16-22-12-6-8-14-24(22)32-2/h5-8,11-18H,3-4,9-10,19-20H2,1-2H3,(H,27,29)(H,28,30)/b17-15+,18-16+. The zero-order valence-electron chi connectivity index (χ0n) is 18.8. The van der Waals surface area contributed by atoms with Crippen LogP contribution in [0.4, 0.5) is 0 Å². The van der Waals surface area contributed by atoms with E-state index in [1.165, 1.54) is 12.2 Å². The summed E-state index contributed by atoms with van der Waals surface area (Å²) in [5.41, 5.74) is 1.73. The van der Waals surface area contributed by atoms with Crippen LogP contribution in [0.15, 0.2) is 60.7 Å². The number of methoxy groups -OCH3 is 2. The van der Waals surface area contributed by atoms with Crippen molar-refractivity contribution in [3.05, 3.63) is 71.8 Å². The van der Waals surface area contributed by atoms with Gasteiger partial charge >= 0.3 is 0 Å². The molecule has 2 aromatic carbocycles. The molecule has 170 valence electrons. The summed E-state index contributed by atoms with van der Waals surface area (Å²) in [5, 5.41) is 5.77. The van der Waals surface area contributed by atoms with Gasteiger partial charge in [-0.05, 0) is 37.1 Å². The van der Waals surface area contributed by atoms with Crippen molar-refractivity contribution in [2.75, 3.05) is 27.3 Å². The van der Waals surface area contributed by atoms with E-state index in [1.807, 2.05) is 48.5 Å². The number of carbonyl (C=O) groups is 2. The molecule has 32 heavy (non-hydrogen) atoms. The molecule has 0 radical (unpaired) electrons. The smallest absolute Gasteiger partial charge is 0.244 e. The summed E-state index contributed by atoms with van der Waals surface area (Å²) in [5.74, 6) is 1.23. The second-order valence-electron chi connectivity index (χ2n) is 7.15. The highest BCUT2D eigenvalue weighted by Crippen LogP contribution is 2.19. The molecule has 2 aromatic rings. The largest absolute Gasteiger partial charge is 0.496 e. The number of carbonyl (C=O) groups excluding carboxylic acids is 2. The van der Waals surface area contributed by atoms with Gasteiger partial charge in [-0.1, -0.05) is 49.2 Å². The van der Waals surface area contributed by atoms with Gasteiger partial charge in [0.15, 0.2) is 0 Å². The fourth-order valence-corrected chi connectivity index (χ4v) is 3.08. The Kier molecular flexibility index (Phi) is 11.2. The minimum atomic E-state index is -0.120. The molecule has 0 unspecified atom stereocenters. The average molecular weight is 437 g/mol. The van der Waals surface area contributed by atoms with Gasteiger partial charge in [0, 0.05) is 36.4 Å². The van der Waals surface area contributed by atoms with Crippen molar-refractivity contribution in [2.45, 2.75) is 25.7 Å². The zero-order valence-corrected chi connectivity index (χ0v) is 18.8. The minimum absolute atomic E-state index is 0.120. The van der Waals surface area contributed by atoms with Crippen LogP contribution in [0.5, 0.6) is 11.5 Å². The Morgan fingerprint density at radius 3 is 1.50 bits per heavy atom. The minimum Gasteiger partial charge on any atom is -0.496 e. The molecule has 0 saturated heterocycles. The molecule has 0 aliphatic heterocycles. The topological polar surface area (TPSA) is 76.7 Å². The lowest BCUT2D eigenvalue weighted by atomic mass is 10.1. The Labute approximate surface area is 190 Å². The average Bonchev–Trinajstić information content (AvgIpc) is 2.83. The number of amides is 2. The number of hydrogen-bond acceptors (Lipinski definition) is 4. The third-order valence-corrected chi connectivity index (χ3v) is 4.81. The van der Waals surface area contributed by atoms with Gasteiger partial charge in [0.05, 0.1) is 14.2 Å². The van der Waals surface area contributed by atoms with Crippen molar-refractivity contribution in [3.63, 3.8) is 0 Å².